The summed E-state index contributed by atoms with van der Waals surface area (Å²) in [6.45, 7) is 4.61. The van der Waals surface area contributed by atoms with Crippen molar-refractivity contribution in [2.75, 3.05) is 6.61 Å². The Balaban J connectivity index is 1.52. The summed E-state index contributed by atoms with van der Waals surface area (Å²) in [5.41, 5.74) is 1.66. The van der Waals surface area contributed by atoms with E-state index in [0.29, 0.717) is 32.0 Å². The summed E-state index contributed by atoms with van der Waals surface area (Å²) in [6, 6.07) is 6.27. The van der Waals surface area contributed by atoms with Gasteiger partial charge in [0.05, 0.1) is 18.2 Å². The number of carbonyl (C=O) groups excluding carboxylic acids is 1. The predicted molar refractivity (Wildman–Crippen MR) is 96.7 cm³/mol. The number of hydrogen-bond donors (Lipinski definition) is 1. The first-order valence-electron chi connectivity index (χ1n) is 8.74. The van der Waals surface area contributed by atoms with E-state index >= 15 is 0 Å². The number of halogens is 1. The van der Waals surface area contributed by atoms with Gasteiger partial charge in [0.1, 0.15) is 19.0 Å². The van der Waals surface area contributed by atoms with Crippen molar-refractivity contribution in [1.82, 2.24) is 5.32 Å². The molecule has 0 saturated carbocycles. The molecular weight excluding hydrogens is 335 g/mol. The Morgan fingerprint density at radius 2 is 2.27 bits per heavy atom. The quantitative estimate of drug-likeness (QED) is 0.847. The summed E-state index contributed by atoms with van der Waals surface area (Å²) < 4.78 is 24.2. The third-order valence-electron chi connectivity index (χ3n) is 4.35. The number of amides is 1. The van der Waals surface area contributed by atoms with Crippen LogP contribution in [-0.4, -0.2) is 24.5 Å². The lowest BCUT2D eigenvalue weighted by atomic mass is 9.97. The molecule has 2 atom stereocenters. The monoisotopic (exact) mass is 358 g/mol. The number of nitrogens with one attached hydrogen (secondary N) is 1. The number of aliphatic imine (C=N–C) groups is 1. The van der Waals surface area contributed by atoms with E-state index in [2.05, 4.69) is 10.3 Å². The molecule has 5 nitrogen and oxygen atoms in total. The van der Waals surface area contributed by atoms with Crippen LogP contribution >= 0.6 is 0 Å². The van der Waals surface area contributed by atoms with E-state index in [0.717, 1.165) is 17.0 Å². The predicted octanol–water partition coefficient (Wildman–Crippen LogP) is 3.47. The largest absolute Gasteiger partial charge is 0.493 e. The average Bonchev–Trinajstić information content (AvgIpc) is 3.00. The fourth-order valence-corrected chi connectivity index (χ4v) is 2.98. The van der Waals surface area contributed by atoms with E-state index < -0.39 is 0 Å². The Hall–Kier alpha value is -2.63. The second-order valence-corrected chi connectivity index (χ2v) is 6.64. The second kappa shape index (κ2) is 8.17. The Morgan fingerprint density at radius 1 is 1.42 bits per heavy atom. The topological polar surface area (TPSA) is 59.9 Å². The van der Waals surface area contributed by atoms with Crippen molar-refractivity contribution in [1.29, 1.82) is 0 Å². The minimum Gasteiger partial charge on any atom is -0.493 e. The molecule has 26 heavy (non-hydrogen) atoms. The molecule has 0 fully saturated rings. The molecule has 138 valence electrons. The highest BCUT2D eigenvalue weighted by molar-refractivity contribution is 5.80. The number of rotatable bonds is 6. The summed E-state index contributed by atoms with van der Waals surface area (Å²) in [6.07, 6.45) is 4.72. The summed E-state index contributed by atoms with van der Waals surface area (Å²) in [5.74, 6) is 1.26. The lowest BCUT2D eigenvalue weighted by Gasteiger charge is -2.23. The molecule has 1 amide bonds. The zero-order chi connectivity index (χ0) is 18.5. The Morgan fingerprint density at radius 3 is 2.96 bits per heavy atom. The van der Waals surface area contributed by atoms with Crippen molar-refractivity contribution < 1.29 is 18.7 Å². The third kappa shape index (κ3) is 4.94. The van der Waals surface area contributed by atoms with Gasteiger partial charge in [-0.25, -0.2) is 9.38 Å². The van der Waals surface area contributed by atoms with Crippen LogP contribution < -0.4 is 5.32 Å². The number of nitrogens with zero attached hydrogens (tertiary/aromatic N) is 1. The summed E-state index contributed by atoms with van der Waals surface area (Å²) >= 11 is 0. The first-order chi connectivity index (χ1) is 12.5. The van der Waals surface area contributed by atoms with E-state index in [1.807, 2.05) is 25.1 Å². The number of benzene rings is 1. The van der Waals surface area contributed by atoms with Gasteiger partial charge in [-0.05, 0) is 29.8 Å². The maximum atomic E-state index is 13.2. The molecule has 6 heteroatoms. The van der Waals surface area contributed by atoms with Crippen LogP contribution in [0.4, 0.5) is 4.39 Å². The average molecular weight is 358 g/mol. The minimum absolute atomic E-state index is 0.0623. The van der Waals surface area contributed by atoms with Crippen LogP contribution in [0.5, 0.6) is 0 Å². The standard InChI is InChI=1S/C20H23FN2O3/c1-13-8-18(26-11-15-4-3-5-16(21)9-15)6-7-19(13)23-20(24)10-17-12-25-14(2)22-17/h3-7,9,13,17H,8,10-12H2,1-2H3,(H,23,24). The molecule has 2 unspecified atom stereocenters. The SMILES string of the molecule is CC1=NC(CC(=O)NC2=CC=C(OCc3cccc(F)c3)CC2C)CO1. The van der Waals surface area contributed by atoms with Gasteiger partial charge in [0.2, 0.25) is 5.91 Å². The molecule has 1 heterocycles. The number of hydrogen-bond acceptors (Lipinski definition) is 4. The van der Waals surface area contributed by atoms with Crippen LogP contribution in [0.2, 0.25) is 0 Å². The van der Waals surface area contributed by atoms with E-state index in [1.165, 1.54) is 12.1 Å². The van der Waals surface area contributed by atoms with Gasteiger partial charge in [-0.2, -0.15) is 0 Å². The van der Waals surface area contributed by atoms with Crippen LogP contribution in [0.3, 0.4) is 0 Å². The van der Waals surface area contributed by atoms with Gasteiger partial charge in [0.25, 0.3) is 0 Å². The molecule has 0 spiro atoms. The molecule has 1 aliphatic carbocycles. The molecule has 3 rings (SSSR count). The molecule has 1 aromatic rings. The third-order valence-corrected chi connectivity index (χ3v) is 4.35. The molecule has 1 aromatic carbocycles. The molecule has 2 aliphatic rings. The van der Waals surface area contributed by atoms with Crippen LogP contribution in [-0.2, 0) is 20.9 Å². The van der Waals surface area contributed by atoms with E-state index in [-0.39, 0.29) is 23.7 Å². The van der Waals surface area contributed by atoms with Crippen molar-refractivity contribution >= 4 is 11.8 Å². The molecule has 0 bridgehead atoms. The maximum absolute atomic E-state index is 13.2. The van der Waals surface area contributed by atoms with Crippen LogP contribution in [0.1, 0.15) is 32.3 Å². The maximum Gasteiger partial charge on any atom is 0.226 e. The van der Waals surface area contributed by atoms with Crippen molar-refractivity contribution in [3.63, 3.8) is 0 Å². The van der Waals surface area contributed by atoms with Gasteiger partial charge in [0, 0.05) is 25.0 Å². The van der Waals surface area contributed by atoms with Gasteiger partial charge >= 0.3 is 0 Å². The lowest BCUT2D eigenvalue weighted by Crippen LogP contribution is -2.30. The molecule has 1 aliphatic heterocycles. The first kappa shape index (κ1) is 18.2. The summed E-state index contributed by atoms with van der Waals surface area (Å²) in [7, 11) is 0. The Kier molecular flexibility index (Phi) is 5.71. The van der Waals surface area contributed by atoms with Gasteiger partial charge < -0.3 is 14.8 Å². The van der Waals surface area contributed by atoms with Crippen molar-refractivity contribution in [3.05, 3.63) is 59.3 Å². The normalized spacial score (nSPS) is 22.0. The van der Waals surface area contributed by atoms with Crippen LogP contribution in [0, 0.1) is 11.7 Å². The van der Waals surface area contributed by atoms with Gasteiger partial charge in [-0.3, -0.25) is 4.79 Å². The Bertz CT molecular complexity index is 770. The highest BCUT2D eigenvalue weighted by Crippen LogP contribution is 2.25. The molecule has 0 saturated heterocycles. The highest BCUT2D eigenvalue weighted by Gasteiger charge is 2.22. The second-order valence-electron chi connectivity index (χ2n) is 6.64. The van der Waals surface area contributed by atoms with Crippen molar-refractivity contribution in [2.24, 2.45) is 10.9 Å². The number of allylic oxidation sites excluding steroid dienone is 4. The number of carbonyl (C=O) groups is 1. The molecular formula is C20H23FN2O3. The van der Waals surface area contributed by atoms with Crippen molar-refractivity contribution in [3.8, 4) is 0 Å². The van der Waals surface area contributed by atoms with Gasteiger partial charge in [-0.1, -0.05) is 19.1 Å². The van der Waals surface area contributed by atoms with Gasteiger partial charge in [-0.15, -0.1) is 0 Å². The highest BCUT2D eigenvalue weighted by atomic mass is 19.1. The zero-order valence-corrected chi connectivity index (χ0v) is 15.0. The molecule has 0 radical (unpaired) electrons. The summed E-state index contributed by atoms with van der Waals surface area (Å²) in [4.78, 5) is 16.4. The van der Waals surface area contributed by atoms with Crippen LogP contribution in [0.25, 0.3) is 0 Å². The van der Waals surface area contributed by atoms with E-state index in [4.69, 9.17) is 9.47 Å². The van der Waals surface area contributed by atoms with Crippen LogP contribution in [0.15, 0.2) is 52.9 Å². The summed E-state index contributed by atoms with van der Waals surface area (Å²) in [5, 5.41) is 2.96. The minimum atomic E-state index is -0.269. The van der Waals surface area contributed by atoms with Crippen molar-refractivity contribution in [2.45, 2.75) is 39.3 Å². The zero-order valence-electron chi connectivity index (χ0n) is 15.0. The van der Waals surface area contributed by atoms with Gasteiger partial charge in [0.15, 0.2) is 5.90 Å². The van der Waals surface area contributed by atoms with E-state index in [1.54, 1.807) is 13.0 Å². The smallest absolute Gasteiger partial charge is 0.226 e. The lowest BCUT2D eigenvalue weighted by molar-refractivity contribution is -0.120. The first-order valence-corrected chi connectivity index (χ1v) is 8.74. The van der Waals surface area contributed by atoms with E-state index in [9.17, 15) is 9.18 Å². The molecule has 0 aromatic heterocycles. The molecule has 1 N–H and O–H groups in total. The Labute approximate surface area is 152 Å². The fraction of sp³-hybridized carbons (Fsp3) is 0.400. The fourth-order valence-electron chi connectivity index (χ4n) is 2.98. The number of ether oxygens (including phenoxy) is 2.